The number of cyclic esters (lactones) is 1. The quantitative estimate of drug-likeness (QED) is 0.601. The van der Waals surface area contributed by atoms with E-state index in [4.69, 9.17) is 4.74 Å². The Morgan fingerprint density at radius 3 is 2.82 bits per heavy atom. The molecule has 0 spiro atoms. The molecule has 17 heavy (non-hydrogen) atoms. The molecule has 0 radical (unpaired) electrons. The van der Waals surface area contributed by atoms with Crippen LogP contribution in [-0.2, 0) is 9.53 Å². The molecule has 3 rings (SSSR count). The predicted octanol–water partition coefficient (Wildman–Crippen LogP) is 3.32. The molecule has 2 aliphatic carbocycles. The van der Waals surface area contributed by atoms with Crippen LogP contribution in [0, 0.1) is 23.2 Å². The standard InChI is InChI=1S/C15H22O2/c1-9-4-5-10-13(8-17-14(10)16)12-7-15(2,3)6-11(9)12/h9,11-12H,4-8H2,1-3H3. The fraction of sp³-hybridized carbons (Fsp3) is 0.800. The van der Waals surface area contributed by atoms with Crippen molar-refractivity contribution in [1.29, 1.82) is 0 Å². The summed E-state index contributed by atoms with van der Waals surface area (Å²) >= 11 is 0. The SMILES string of the molecule is CC1CCC2=C(COC2=O)C2CC(C)(C)CC12. The molecule has 1 aliphatic heterocycles. The zero-order chi connectivity index (χ0) is 12.2. The number of fused-ring (bicyclic) bond motifs is 2. The van der Waals surface area contributed by atoms with Gasteiger partial charge in [-0.3, -0.25) is 0 Å². The van der Waals surface area contributed by atoms with Crippen LogP contribution in [0.3, 0.4) is 0 Å². The highest BCUT2D eigenvalue weighted by atomic mass is 16.5. The van der Waals surface area contributed by atoms with Crippen LogP contribution in [0.2, 0.25) is 0 Å². The fourth-order valence-corrected chi connectivity index (χ4v) is 4.22. The molecule has 1 saturated carbocycles. The number of esters is 1. The summed E-state index contributed by atoms with van der Waals surface area (Å²) in [5.41, 5.74) is 2.82. The Labute approximate surface area is 103 Å². The van der Waals surface area contributed by atoms with Gasteiger partial charge in [-0.05, 0) is 54.4 Å². The van der Waals surface area contributed by atoms with E-state index in [-0.39, 0.29) is 5.97 Å². The van der Waals surface area contributed by atoms with Crippen molar-refractivity contribution in [2.45, 2.75) is 46.5 Å². The smallest absolute Gasteiger partial charge is 0.334 e. The van der Waals surface area contributed by atoms with Gasteiger partial charge in [-0.2, -0.15) is 0 Å². The second-order valence-corrected chi connectivity index (χ2v) is 6.94. The molecule has 0 aromatic rings. The molecule has 3 atom stereocenters. The lowest BCUT2D eigenvalue weighted by Gasteiger charge is -2.24. The molecule has 0 saturated heterocycles. The first-order valence-electron chi connectivity index (χ1n) is 6.87. The van der Waals surface area contributed by atoms with Crippen molar-refractivity contribution in [3.8, 4) is 0 Å². The minimum absolute atomic E-state index is 0.0300. The van der Waals surface area contributed by atoms with E-state index >= 15 is 0 Å². The van der Waals surface area contributed by atoms with E-state index in [1.807, 2.05) is 0 Å². The van der Waals surface area contributed by atoms with Gasteiger partial charge in [0, 0.05) is 5.57 Å². The molecule has 0 N–H and O–H groups in total. The molecule has 0 aromatic heterocycles. The Kier molecular flexibility index (Phi) is 2.39. The summed E-state index contributed by atoms with van der Waals surface area (Å²) < 4.78 is 5.25. The molecule has 3 unspecified atom stereocenters. The highest BCUT2D eigenvalue weighted by Gasteiger charge is 2.47. The second kappa shape index (κ2) is 3.60. The van der Waals surface area contributed by atoms with E-state index < -0.39 is 0 Å². The monoisotopic (exact) mass is 234 g/mol. The second-order valence-electron chi connectivity index (χ2n) is 6.94. The number of carbonyl (C=O) groups is 1. The van der Waals surface area contributed by atoms with Crippen molar-refractivity contribution < 1.29 is 9.53 Å². The van der Waals surface area contributed by atoms with Crippen molar-refractivity contribution in [2.75, 3.05) is 6.61 Å². The van der Waals surface area contributed by atoms with E-state index in [1.54, 1.807) is 0 Å². The summed E-state index contributed by atoms with van der Waals surface area (Å²) in [6, 6.07) is 0. The molecule has 0 aromatic carbocycles. The van der Waals surface area contributed by atoms with Gasteiger partial charge in [-0.15, -0.1) is 0 Å². The normalized spacial score (nSPS) is 39.7. The molecule has 0 amide bonds. The highest BCUT2D eigenvalue weighted by Crippen LogP contribution is 2.54. The summed E-state index contributed by atoms with van der Waals surface area (Å²) in [6.45, 7) is 7.68. The molecular formula is C15H22O2. The first-order valence-corrected chi connectivity index (χ1v) is 6.87. The number of hydrogen-bond acceptors (Lipinski definition) is 2. The van der Waals surface area contributed by atoms with Crippen molar-refractivity contribution in [3.63, 3.8) is 0 Å². The third kappa shape index (κ3) is 1.73. The topological polar surface area (TPSA) is 26.3 Å². The van der Waals surface area contributed by atoms with Gasteiger partial charge in [0.2, 0.25) is 0 Å². The molecular weight excluding hydrogens is 212 g/mol. The molecule has 3 aliphatic rings. The van der Waals surface area contributed by atoms with Crippen molar-refractivity contribution in [2.24, 2.45) is 23.2 Å². The molecule has 94 valence electrons. The van der Waals surface area contributed by atoms with Gasteiger partial charge in [0.05, 0.1) is 0 Å². The van der Waals surface area contributed by atoms with Crippen molar-refractivity contribution in [3.05, 3.63) is 11.1 Å². The van der Waals surface area contributed by atoms with E-state index in [1.165, 1.54) is 18.4 Å². The van der Waals surface area contributed by atoms with Crippen molar-refractivity contribution in [1.82, 2.24) is 0 Å². The molecule has 2 nitrogen and oxygen atoms in total. The minimum Gasteiger partial charge on any atom is -0.458 e. The first kappa shape index (κ1) is 11.3. The third-order valence-corrected chi connectivity index (χ3v) is 5.10. The van der Waals surface area contributed by atoms with Crippen LogP contribution in [0.1, 0.15) is 46.5 Å². The highest BCUT2D eigenvalue weighted by molar-refractivity contribution is 5.92. The minimum atomic E-state index is -0.0300. The maximum absolute atomic E-state index is 11.7. The predicted molar refractivity (Wildman–Crippen MR) is 66.4 cm³/mol. The maximum Gasteiger partial charge on any atom is 0.334 e. The van der Waals surface area contributed by atoms with Gasteiger partial charge in [0.25, 0.3) is 0 Å². The lowest BCUT2D eigenvalue weighted by atomic mass is 9.81. The largest absolute Gasteiger partial charge is 0.458 e. The van der Waals surface area contributed by atoms with Gasteiger partial charge in [0.1, 0.15) is 6.61 Å². The molecule has 0 bridgehead atoms. The van der Waals surface area contributed by atoms with Crippen LogP contribution in [0.5, 0.6) is 0 Å². The average molecular weight is 234 g/mol. The fourth-order valence-electron chi connectivity index (χ4n) is 4.22. The van der Waals surface area contributed by atoms with Gasteiger partial charge >= 0.3 is 5.97 Å². The number of rotatable bonds is 0. The van der Waals surface area contributed by atoms with Crippen LogP contribution in [-0.4, -0.2) is 12.6 Å². The van der Waals surface area contributed by atoms with Gasteiger partial charge in [0.15, 0.2) is 0 Å². The molecule has 1 heterocycles. The van der Waals surface area contributed by atoms with Gasteiger partial charge in [-0.1, -0.05) is 20.8 Å². The number of carbonyl (C=O) groups excluding carboxylic acids is 1. The maximum atomic E-state index is 11.7. The van der Waals surface area contributed by atoms with Crippen LogP contribution in [0.25, 0.3) is 0 Å². The number of ether oxygens (including phenoxy) is 1. The van der Waals surface area contributed by atoms with E-state index in [9.17, 15) is 4.79 Å². The Hall–Kier alpha value is -0.790. The zero-order valence-corrected chi connectivity index (χ0v) is 11.1. The summed E-state index contributed by atoms with van der Waals surface area (Å²) in [5.74, 6) is 2.11. The Bertz CT molecular complexity index is 392. The first-order chi connectivity index (χ1) is 7.98. The third-order valence-electron chi connectivity index (χ3n) is 5.10. The average Bonchev–Trinajstić information content (AvgIpc) is 2.72. The van der Waals surface area contributed by atoms with Crippen LogP contribution >= 0.6 is 0 Å². The summed E-state index contributed by atoms with van der Waals surface area (Å²) in [5, 5.41) is 0. The van der Waals surface area contributed by atoms with Gasteiger partial charge < -0.3 is 4.74 Å². The van der Waals surface area contributed by atoms with E-state index in [2.05, 4.69) is 20.8 Å². The van der Waals surface area contributed by atoms with Crippen molar-refractivity contribution >= 4 is 5.97 Å². The van der Waals surface area contributed by atoms with E-state index in [0.29, 0.717) is 17.9 Å². The van der Waals surface area contributed by atoms with Gasteiger partial charge in [-0.25, -0.2) is 4.79 Å². The lowest BCUT2D eigenvalue weighted by Crippen LogP contribution is -2.17. The summed E-state index contributed by atoms with van der Waals surface area (Å²) in [6.07, 6.45) is 4.65. The summed E-state index contributed by atoms with van der Waals surface area (Å²) in [4.78, 5) is 11.7. The molecule has 2 heteroatoms. The van der Waals surface area contributed by atoms with Crippen LogP contribution < -0.4 is 0 Å². The zero-order valence-electron chi connectivity index (χ0n) is 11.1. The Morgan fingerprint density at radius 2 is 2.06 bits per heavy atom. The Morgan fingerprint density at radius 1 is 1.29 bits per heavy atom. The van der Waals surface area contributed by atoms with Crippen LogP contribution in [0.4, 0.5) is 0 Å². The summed E-state index contributed by atoms with van der Waals surface area (Å²) in [7, 11) is 0. The number of hydrogen-bond donors (Lipinski definition) is 0. The molecule has 1 fully saturated rings. The van der Waals surface area contributed by atoms with E-state index in [0.717, 1.165) is 30.3 Å². The Balaban J connectivity index is 1.99. The van der Waals surface area contributed by atoms with Crippen LogP contribution in [0.15, 0.2) is 11.1 Å². The lowest BCUT2D eigenvalue weighted by molar-refractivity contribution is -0.136.